The van der Waals surface area contributed by atoms with Gasteiger partial charge in [-0.15, -0.1) is 0 Å². The molecule has 1 heterocycles. The summed E-state index contributed by atoms with van der Waals surface area (Å²) in [6, 6.07) is 39.3. The maximum atomic E-state index is 5.04. The predicted octanol–water partition coefficient (Wildman–Crippen LogP) is 7.92. The van der Waals surface area contributed by atoms with E-state index in [1.165, 1.54) is 46.2 Å². The van der Waals surface area contributed by atoms with Gasteiger partial charge >= 0.3 is 0 Å². The molecule has 4 aromatic carbocycles. The molecule has 0 fully saturated rings. The van der Waals surface area contributed by atoms with Crippen LogP contribution in [0.5, 0.6) is 0 Å². The summed E-state index contributed by atoms with van der Waals surface area (Å²) >= 11 is 0. The van der Waals surface area contributed by atoms with Crippen molar-refractivity contribution in [2.45, 2.75) is 44.1 Å². The van der Waals surface area contributed by atoms with Gasteiger partial charge in [0.2, 0.25) is 0 Å². The van der Waals surface area contributed by atoms with Crippen LogP contribution in [0.25, 0.3) is 0 Å². The first-order valence-electron chi connectivity index (χ1n) is 13.0. The molecule has 0 saturated heterocycles. The molecule has 0 spiro atoms. The maximum Gasteiger partial charge on any atom is 0.121 e. The zero-order chi connectivity index (χ0) is 24.5. The molecule has 1 aliphatic carbocycles. The third-order valence-corrected chi connectivity index (χ3v) is 8.08. The van der Waals surface area contributed by atoms with E-state index in [4.69, 9.17) is 4.98 Å². The van der Waals surface area contributed by atoms with Gasteiger partial charge in [-0.25, -0.2) is 4.98 Å². The fourth-order valence-corrected chi connectivity index (χ4v) is 6.19. The van der Waals surface area contributed by atoms with Gasteiger partial charge < -0.3 is 4.57 Å². The van der Waals surface area contributed by atoms with Gasteiger partial charge in [0.05, 0.1) is 12.0 Å². The maximum absolute atomic E-state index is 5.04. The molecule has 0 radical (unpaired) electrons. The quantitative estimate of drug-likeness (QED) is 0.231. The van der Waals surface area contributed by atoms with Crippen LogP contribution in [0.1, 0.15) is 71.2 Å². The number of fused-ring (bicyclic) bond motifs is 1. The summed E-state index contributed by atoms with van der Waals surface area (Å²) in [5.41, 5.74) is 8.71. The van der Waals surface area contributed by atoms with Crippen LogP contribution in [0.2, 0.25) is 0 Å². The Hall–Kier alpha value is -3.91. The van der Waals surface area contributed by atoms with E-state index in [-0.39, 0.29) is 5.92 Å². The van der Waals surface area contributed by atoms with E-state index in [1.807, 2.05) is 6.33 Å². The molecular weight excluding hydrogens is 436 g/mol. The average molecular weight is 469 g/mol. The van der Waals surface area contributed by atoms with Crippen molar-refractivity contribution in [1.82, 2.24) is 9.55 Å². The molecule has 0 saturated carbocycles. The second kappa shape index (κ2) is 9.28. The van der Waals surface area contributed by atoms with E-state index >= 15 is 0 Å². The Kier molecular flexibility index (Phi) is 5.81. The van der Waals surface area contributed by atoms with Crippen LogP contribution < -0.4 is 0 Å². The standard InChI is InChI=1S/C34H32N2/c1-25-21-22-32-30(25)19-12-20-31(32)26(2)33-23-36(24-35-33)34(27-13-6-3-7-14-27,28-15-8-4-9-16-28)29-17-10-5-11-18-29/h3-20,23-26H,21-22H2,1-2H3. The summed E-state index contributed by atoms with van der Waals surface area (Å²) < 4.78 is 2.32. The molecule has 0 bridgehead atoms. The van der Waals surface area contributed by atoms with Crippen molar-refractivity contribution in [2.24, 2.45) is 0 Å². The number of benzene rings is 4. The third-order valence-electron chi connectivity index (χ3n) is 8.08. The van der Waals surface area contributed by atoms with Gasteiger partial charge in [0.25, 0.3) is 0 Å². The van der Waals surface area contributed by atoms with Gasteiger partial charge in [0, 0.05) is 12.1 Å². The molecular formula is C34H32N2. The molecule has 2 unspecified atom stereocenters. The Morgan fingerprint density at radius 1 is 0.750 bits per heavy atom. The minimum absolute atomic E-state index is 0.228. The Morgan fingerprint density at radius 3 is 1.86 bits per heavy atom. The Balaban J connectivity index is 1.54. The van der Waals surface area contributed by atoms with Crippen LogP contribution >= 0.6 is 0 Å². The summed E-state index contributed by atoms with van der Waals surface area (Å²) in [6.07, 6.45) is 6.71. The van der Waals surface area contributed by atoms with Gasteiger partial charge in [-0.05, 0) is 52.1 Å². The van der Waals surface area contributed by atoms with Gasteiger partial charge in [0.1, 0.15) is 5.54 Å². The third kappa shape index (κ3) is 3.60. The Bertz CT molecular complexity index is 1350. The van der Waals surface area contributed by atoms with Crippen LogP contribution in [-0.2, 0) is 12.0 Å². The Labute approximate surface area is 214 Å². The Morgan fingerprint density at radius 2 is 1.31 bits per heavy atom. The highest BCUT2D eigenvalue weighted by atomic mass is 15.1. The van der Waals surface area contributed by atoms with Gasteiger partial charge in [0.15, 0.2) is 0 Å². The largest absolute Gasteiger partial charge is 0.319 e. The van der Waals surface area contributed by atoms with E-state index in [2.05, 4.69) is 134 Å². The normalized spacial score (nSPS) is 16.0. The fraction of sp³-hybridized carbons (Fsp3) is 0.206. The topological polar surface area (TPSA) is 17.8 Å². The van der Waals surface area contributed by atoms with Gasteiger partial charge in [-0.1, -0.05) is 123 Å². The molecule has 1 aromatic heterocycles. The molecule has 1 aliphatic rings. The number of nitrogens with zero attached hydrogens (tertiary/aromatic N) is 2. The van der Waals surface area contributed by atoms with Gasteiger partial charge in [-0.3, -0.25) is 0 Å². The molecule has 6 rings (SSSR count). The lowest BCUT2D eigenvalue weighted by atomic mass is 9.76. The smallest absolute Gasteiger partial charge is 0.121 e. The molecule has 5 aromatic rings. The zero-order valence-electron chi connectivity index (χ0n) is 21.0. The number of aromatic nitrogens is 2. The van der Waals surface area contributed by atoms with Crippen molar-refractivity contribution in [3.63, 3.8) is 0 Å². The highest BCUT2D eigenvalue weighted by Gasteiger charge is 2.38. The first-order valence-corrected chi connectivity index (χ1v) is 13.0. The predicted molar refractivity (Wildman–Crippen MR) is 148 cm³/mol. The minimum atomic E-state index is -0.526. The molecule has 0 aliphatic heterocycles. The lowest BCUT2D eigenvalue weighted by Crippen LogP contribution is -2.36. The molecule has 0 N–H and O–H groups in total. The lowest BCUT2D eigenvalue weighted by Gasteiger charge is -2.37. The first kappa shape index (κ1) is 22.5. The van der Waals surface area contributed by atoms with Crippen molar-refractivity contribution < 1.29 is 0 Å². The van der Waals surface area contributed by atoms with E-state index < -0.39 is 5.54 Å². The minimum Gasteiger partial charge on any atom is -0.319 e. The zero-order valence-corrected chi connectivity index (χ0v) is 21.0. The van der Waals surface area contributed by atoms with Crippen molar-refractivity contribution in [3.05, 3.63) is 161 Å². The van der Waals surface area contributed by atoms with Crippen molar-refractivity contribution >= 4 is 0 Å². The van der Waals surface area contributed by atoms with Crippen LogP contribution in [0.15, 0.2) is 122 Å². The van der Waals surface area contributed by atoms with Crippen LogP contribution in [-0.4, -0.2) is 9.55 Å². The van der Waals surface area contributed by atoms with E-state index in [0.29, 0.717) is 5.92 Å². The van der Waals surface area contributed by atoms with E-state index in [1.54, 1.807) is 0 Å². The van der Waals surface area contributed by atoms with E-state index in [0.717, 1.165) is 5.69 Å². The van der Waals surface area contributed by atoms with Crippen molar-refractivity contribution in [2.75, 3.05) is 0 Å². The summed E-state index contributed by atoms with van der Waals surface area (Å²) in [5, 5.41) is 0. The molecule has 2 nitrogen and oxygen atoms in total. The van der Waals surface area contributed by atoms with Crippen molar-refractivity contribution in [3.8, 4) is 0 Å². The van der Waals surface area contributed by atoms with E-state index in [9.17, 15) is 0 Å². The summed E-state index contributed by atoms with van der Waals surface area (Å²) in [4.78, 5) is 5.04. The molecule has 2 heteroatoms. The monoisotopic (exact) mass is 468 g/mol. The number of imidazole rings is 1. The molecule has 36 heavy (non-hydrogen) atoms. The molecule has 178 valence electrons. The van der Waals surface area contributed by atoms with Gasteiger partial charge in [-0.2, -0.15) is 0 Å². The SMILES string of the molecule is CC1CCc2c1cccc2C(C)c1cn(C(c2ccccc2)(c2ccccc2)c2ccccc2)cn1. The molecule has 0 amide bonds. The molecule has 2 atom stereocenters. The second-order valence-corrected chi connectivity index (χ2v) is 10.1. The number of rotatable bonds is 6. The number of hydrogen-bond acceptors (Lipinski definition) is 1. The van der Waals surface area contributed by atoms with Crippen LogP contribution in [0.3, 0.4) is 0 Å². The van der Waals surface area contributed by atoms with Crippen LogP contribution in [0, 0.1) is 0 Å². The lowest BCUT2D eigenvalue weighted by molar-refractivity contribution is 0.514. The highest BCUT2D eigenvalue weighted by molar-refractivity contribution is 5.51. The first-order chi connectivity index (χ1) is 17.7. The highest BCUT2D eigenvalue weighted by Crippen LogP contribution is 2.42. The summed E-state index contributed by atoms with van der Waals surface area (Å²) in [5.74, 6) is 0.873. The summed E-state index contributed by atoms with van der Waals surface area (Å²) in [7, 11) is 0. The van der Waals surface area contributed by atoms with Crippen LogP contribution in [0.4, 0.5) is 0 Å². The second-order valence-electron chi connectivity index (χ2n) is 10.1. The fourth-order valence-electron chi connectivity index (χ4n) is 6.19. The van der Waals surface area contributed by atoms with Crippen molar-refractivity contribution in [1.29, 1.82) is 0 Å². The summed E-state index contributed by atoms with van der Waals surface area (Å²) in [6.45, 7) is 4.66. The number of hydrogen-bond donors (Lipinski definition) is 0. The average Bonchev–Trinajstić information content (AvgIpc) is 3.58.